The molecule has 0 atom stereocenters. The van der Waals surface area contributed by atoms with Gasteiger partial charge in [-0.1, -0.05) is 54.2 Å². The Balaban J connectivity index is 1.43. The molecule has 9 heteroatoms. The van der Waals surface area contributed by atoms with Crippen molar-refractivity contribution >= 4 is 40.1 Å². The summed E-state index contributed by atoms with van der Waals surface area (Å²) in [5.74, 6) is -0.116. The van der Waals surface area contributed by atoms with Crippen molar-refractivity contribution in [2.75, 3.05) is 5.75 Å². The van der Waals surface area contributed by atoms with Crippen LogP contribution in [0, 0.1) is 10.1 Å². The number of nitro benzene ring substituents is 1. The number of hydrazone groups is 1. The molecule has 0 aliphatic rings. The number of nitro groups is 1. The highest BCUT2D eigenvalue weighted by Crippen LogP contribution is 2.25. The predicted molar refractivity (Wildman–Crippen MR) is 129 cm³/mol. The lowest BCUT2D eigenvalue weighted by Gasteiger charge is -2.09. The number of non-ortho nitro benzene ring substituents is 1. The topological polar surface area (TPSA) is 102 Å². The summed E-state index contributed by atoms with van der Waals surface area (Å²) in [4.78, 5) is 27.4. The van der Waals surface area contributed by atoms with Crippen LogP contribution < -0.4 is 5.43 Å². The number of nitrogens with one attached hydrogen (secondary N) is 1. The molecule has 1 aromatic heterocycles. The maximum absolute atomic E-state index is 12.4. The van der Waals surface area contributed by atoms with E-state index in [-0.39, 0.29) is 17.3 Å². The number of nitrogens with zero attached hydrogens (tertiary/aromatic N) is 4. The van der Waals surface area contributed by atoms with Gasteiger partial charge in [0.1, 0.15) is 0 Å². The smallest absolute Gasteiger partial charge is 0.269 e. The zero-order valence-corrected chi connectivity index (χ0v) is 18.7. The van der Waals surface area contributed by atoms with Crippen molar-refractivity contribution in [1.29, 1.82) is 0 Å². The van der Waals surface area contributed by atoms with Gasteiger partial charge < -0.3 is 4.57 Å². The zero-order valence-electron chi connectivity index (χ0n) is 17.8. The van der Waals surface area contributed by atoms with Crippen LogP contribution in [0.15, 0.2) is 89.1 Å². The molecule has 0 unspecified atom stereocenters. The van der Waals surface area contributed by atoms with E-state index in [2.05, 4.69) is 27.2 Å². The molecule has 166 valence electrons. The lowest BCUT2D eigenvalue weighted by molar-refractivity contribution is -0.384. The molecular weight excluding hydrogens is 438 g/mol. The molecule has 0 aliphatic carbocycles. The summed E-state index contributed by atoms with van der Waals surface area (Å²) < 4.78 is 2.11. The van der Waals surface area contributed by atoms with Gasteiger partial charge in [-0.05, 0) is 42.3 Å². The molecule has 0 saturated carbocycles. The average Bonchev–Trinajstić information content (AvgIpc) is 3.19. The number of rotatable bonds is 8. The SMILES string of the molecule is CC(=NNC(=O)CSc1nc2ccccc2n1Cc1ccccc1)c1ccc([N+](=O)[O-])cc1. The van der Waals surface area contributed by atoms with Crippen LogP contribution in [-0.2, 0) is 11.3 Å². The molecular formula is C24H21N5O3S. The number of benzene rings is 3. The standard InChI is InChI=1S/C24H21N5O3S/c1-17(19-11-13-20(14-12-19)29(31)32)26-27-23(30)16-33-24-25-21-9-5-6-10-22(21)28(24)15-18-7-3-2-4-8-18/h2-14H,15-16H2,1H3,(H,27,30). The molecule has 0 bridgehead atoms. The lowest BCUT2D eigenvalue weighted by Crippen LogP contribution is -2.21. The van der Waals surface area contributed by atoms with Crippen molar-refractivity contribution < 1.29 is 9.72 Å². The first-order valence-corrected chi connectivity index (χ1v) is 11.2. The second-order valence-electron chi connectivity index (χ2n) is 7.28. The van der Waals surface area contributed by atoms with Gasteiger partial charge >= 0.3 is 0 Å². The molecule has 1 heterocycles. The van der Waals surface area contributed by atoms with E-state index in [1.807, 2.05) is 42.5 Å². The molecule has 0 saturated heterocycles. The van der Waals surface area contributed by atoms with Crippen molar-refractivity contribution in [3.05, 3.63) is 100 Å². The third kappa shape index (κ3) is 5.45. The summed E-state index contributed by atoms with van der Waals surface area (Å²) in [6.07, 6.45) is 0. The highest BCUT2D eigenvalue weighted by atomic mass is 32.2. The predicted octanol–water partition coefficient (Wildman–Crippen LogP) is 4.63. The van der Waals surface area contributed by atoms with Gasteiger partial charge in [-0.2, -0.15) is 5.10 Å². The summed E-state index contributed by atoms with van der Waals surface area (Å²) >= 11 is 1.35. The monoisotopic (exact) mass is 459 g/mol. The Hall–Kier alpha value is -3.98. The number of aromatic nitrogens is 2. The van der Waals surface area contributed by atoms with Gasteiger partial charge in [0.2, 0.25) is 0 Å². The van der Waals surface area contributed by atoms with Crippen LogP contribution in [0.1, 0.15) is 18.1 Å². The lowest BCUT2D eigenvalue weighted by atomic mass is 10.1. The molecule has 0 fully saturated rings. The van der Waals surface area contributed by atoms with Crippen LogP contribution in [0.5, 0.6) is 0 Å². The number of carbonyl (C=O) groups is 1. The van der Waals surface area contributed by atoms with Crippen LogP contribution in [0.25, 0.3) is 11.0 Å². The Labute approximate surface area is 194 Å². The number of hydrogen-bond acceptors (Lipinski definition) is 6. The molecule has 4 aromatic rings. The van der Waals surface area contributed by atoms with Gasteiger partial charge in [-0.3, -0.25) is 14.9 Å². The number of carbonyl (C=O) groups excluding carboxylic acids is 1. The number of amides is 1. The Kier molecular flexibility index (Phi) is 6.80. The fourth-order valence-electron chi connectivity index (χ4n) is 3.28. The normalized spacial score (nSPS) is 11.5. The van der Waals surface area contributed by atoms with Crippen LogP contribution in [0.2, 0.25) is 0 Å². The van der Waals surface area contributed by atoms with Gasteiger partial charge in [0.25, 0.3) is 11.6 Å². The second-order valence-corrected chi connectivity index (χ2v) is 8.22. The second kappa shape index (κ2) is 10.1. The highest BCUT2D eigenvalue weighted by molar-refractivity contribution is 7.99. The minimum atomic E-state index is -0.458. The summed E-state index contributed by atoms with van der Waals surface area (Å²) in [5, 5.41) is 15.7. The Bertz CT molecular complexity index is 1320. The fraction of sp³-hybridized carbons (Fsp3) is 0.125. The first kappa shape index (κ1) is 22.2. The maximum atomic E-state index is 12.4. The zero-order chi connectivity index (χ0) is 23.2. The van der Waals surface area contributed by atoms with Crippen molar-refractivity contribution in [2.24, 2.45) is 5.10 Å². The third-order valence-electron chi connectivity index (χ3n) is 4.98. The number of fused-ring (bicyclic) bond motifs is 1. The van der Waals surface area contributed by atoms with Gasteiger partial charge in [-0.25, -0.2) is 10.4 Å². The van der Waals surface area contributed by atoms with Gasteiger partial charge in [0.15, 0.2) is 5.16 Å². The van der Waals surface area contributed by atoms with Crippen molar-refractivity contribution in [3.63, 3.8) is 0 Å². The maximum Gasteiger partial charge on any atom is 0.269 e. The van der Waals surface area contributed by atoms with Crippen LogP contribution in [-0.4, -0.2) is 31.8 Å². The largest absolute Gasteiger partial charge is 0.314 e. The number of imidazole rings is 1. The van der Waals surface area contributed by atoms with E-state index in [9.17, 15) is 14.9 Å². The Morgan fingerprint density at radius 2 is 1.76 bits per heavy atom. The fourth-order valence-corrected chi connectivity index (χ4v) is 4.09. The summed E-state index contributed by atoms with van der Waals surface area (Å²) in [6, 6.07) is 24.0. The molecule has 1 amide bonds. The molecule has 0 spiro atoms. The summed E-state index contributed by atoms with van der Waals surface area (Å²) in [5.41, 5.74) is 6.84. The van der Waals surface area contributed by atoms with Gasteiger partial charge in [0.05, 0.1) is 34.0 Å². The van der Waals surface area contributed by atoms with E-state index in [0.717, 1.165) is 21.8 Å². The quantitative estimate of drug-likeness (QED) is 0.179. The number of para-hydroxylation sites is 2. The van der Waals surface area contributed by atoms with Crippen LogP contribution in [0.4, 0.5) is 5.69 Å². The molecule has 0 radical (unpaired) electrons. The van der Waals surface area contributed by atoms with E-state index in [1.54, 1.807) is 19.1 Å². The number of thioether (sulfide) groups is 1. The van der Waals surface area contributed by atoms with E-state index < -0.39 is 4.92 Å². The van der Waals surface area contributed by atoms with E-state index in [1.165, 1.54) is 23.9 Å². The molecule has 1 N–H and O–H groups in total. The van der Waals surface area contributed by atoms with Crippen molar-refractivity contribution in [1.82, 2.24) is 15.0 Å². The molecule has 0 aliphatic heterocycles. The molecule has 8 nitrogen and oxygen atoms in total. The summed E-state index contributed by atoms with van der Waals surface area (Å²) in [7, 11) is 0. The van der Waals surface area contributed by atoms with E-state index >= 15 is 0 Å². The first-order valence-electron chi connectivity index (χ1n) is 10.2. The van der Waals surface area contributed by atoms with Crippen molar-refractivity contribution in [3.8, 4) is 0 Å². The first-order chi connectivity index (χ1) is 16.0. The molecule has 3 aromatic carbocycles. The summed E-state index contributed by atoms with van der Waals surface area (Å²) in [6.45, 7) is 2.39. The van der Waals surface area contributed by atoms with E-state index in [4.69, 9.17) is 4.98 Å². The average molecular weight is 460 g/mol. The Morgan fingerprint density at radius 3 is 2.48 bits per heavy atom. The van der Waals surface area contributed by atoms with Gasteiger partial charge in [0, 0.05) is 12.1 Å². The molecule has 4 rings (SSSR count). The Morgan fingerprint density at radius 1 is 1.06 bits per heavy atom. The van der Waals surface area contributed by atoms with E-state index in [0.29, 0.717) is 17.8 Å². The third-order valence-corrected chi connectivity index (χ3v) is 5.96. The highest BCUT2D eigenvalue weighted by Gasteiger charge is 2.13. The van der Waals surface area contributed by atoms with Crippen LogP contribution >= 0.6 is 11.8 Å². The number of hydrogen-bond donors (Lipinski definition) is 1. The van der Waals surface area contributed by atoms with Crippen molar-refractivity contribution in [2.45, 2.75) is 18.6 Å². The van der Waals surface area contributed by atoms with Crippen LogP contribution in [0.3, 0.4) is 0 Å². The van der Waals surface area contributed by atoms with Gasteiger partial charge in [-0.15, -0.1) is 0 Å². The minimum absolute atomic E-state index is 0.00498. The minimum Gasteiger partial charge on any atom is -0.314 e. The molecule has 33 heavy (non-hydrogen) atoms.